The molecule has 2 N–H and O–H groups in total. The van der Waals surface area contributed by atoms with Gasteiger partial charge in [-0.05, 0) is 25.2 Å². The lowest BCUT2D eigenvalue weighted by Crippen LogP contribution is -2.19. The summed E-state index contributed by atoms with van der Waals surface area (Å²) >= 11 is 5.13. The van der Waals surface area contributed by atoms with Gasteiger partial charge in [-0.15, -0.1) is 0 Å². The molecule has 0 saturated carbocycles. The monoisotopic (exact) mass is 291 g/mol. The Labute approximate surface area is 120 Å². The number of non-ortho nitro benzene ring substituents is 1. The first kappa shape index (κ1) is 13.9. The van der Waals surface area contributed by atoms with Gasteiger partial charge in [-0.3, -0.25) is 14.8 Å². The van der Waals surface area contributed by atoms with Crippen LogP contribution >= 0.6 is 12.2 Å². The van der Waals surface area contributed by atoms with Gasteiger partial charge in [0.1, 0.15) is 0 Å². The predicted molar refractivity (Wildman–Crippen MR) is 80.8 cm³/mol. The molecule has 0 radical (unpaired) electrons. The van der Waals surface area contributed by atoms with Crippen molar-refractivity contribution >= 4 is 34.5 Å². The first-order valence-corrected chi connectivity index (χ1v) is 6.35. The highest BCUT2D eigenvalue weighted by Crippen LogP contribution is 2.17. The fraction of sp³-hybridized carbons (Fsp3) is 0.167. The quantitative estimate of drug-likeness (QED) is 0.511. The minimum absolute atomic E-state index is 0.00746. The van der Waals surface area contributed by atoms with E-state index in [1.54, 1.807) is 22.9 Å². The van der Waals surface area contributed by atoms with Crippen molar-refractivity contribution in [2.45, 2.75) is 13.5 Å². The molecule has 0 spiro atoms. The second-order valence-corrected chi connectivity index (χ2v) is 4.35. The van der Waals surface area contributed by atoms with Crippen LogP contribution in [0.4, 0.5) is 17.2 Å². The van der Waals surface area contributed by atoms with Gasteiger partial charge in [0.05, 0.1) is 4.92 Å². The van der Waals surface area contributed by atoms with Crippen molar-refractivity contribution in [2.75, 3.05) is 10.6 Å². The van der Waals surface area contributed by atoms with E-state index < -0.39 is 4.92 Å². The summed E-state index contributed by atoms with van der Waals surface area (Å²) in [5.41, 5.74) is 0.555. The second kappa shape index (κ2) is 6.11. The Kier molecular flexibility index (Phi) is 4.26. The molecule has 1 aromatic carbocycles. The zero-order chi connectivity index (χ0) is 14.5. The van der Waals surface area contributed by atoms with E-state index in [1.165, 1.54) is 12.1 Å². The standard InChI is InChI=1S/C12H13N5O2S/c1-2-16-7-6-11(15-16)14-12(20)13-9-4-3-5-10(8-9)17(18)19/h3-8H,2H2,1H3,(H2,13,14,15,20). The maximum Gasteiger partial charge on any atom is 0.271 e. The van der Waals surface area contributed by atoms with Crippen LogP contribution in [0.3, 0.4) is 0 Å². The highest BCUT2D eigenvalue weighted by atomic mass is 32.1. The van der Waals surface area contributed by atoms with Gasteiger partial charge in [-0.1, -0.05) is 6.07 Å². The molecular weight excluding hydrogens is 278 g/mol. The minimum atomic E-state index is -0.454. The molecule has 1 heterocycles. The number of anilines is 2. The summed E-state index contributed by atoms with van der Waals surface area (Å²) in [5, 5.41) is 21.0. The molecule has 0 atom stereocenters. The minimum Gasteiger partial charge on any atom is -0.332 e. The number of aromatic nitrogens is 2. The summed E-state index contributed by atoms with van der Waals surface area (Å²) in [6.07, 6.45) is 1.83. The predicted octanol–water partition coefficient (Wildman–Crippen LogP) is 2.62. The van der Waals surface area contributed by atoms with Crippen LogP contribution < -0.4 is 10.6 Å². The maximum absolute atomic E-state index is 10.7. The molecule has 2 rings (SSSR count). The van der Waals surface area contributed by atoms with E-state index in [-0.39, 0.29) is 5.69 Å². The number of nitro benzene ring substituents is 1. The van der Waals surface area contributed by atoms with Crippen LogP contribution in [-0.2, 0) is 6.54 Å². The van der Waals surface area contributed by atoms with E-state index in [4.69, 9.17) is 12.2 Å². The molecule has 20 heavy (non-hydrogen) atoms. The molecule has 0 aliphatic rings. The Balaban J connectivity index is 2.00. The Morgan fingerprint density at radius 3 is 2.90 bits per heavy atom. The Morgan fingerprint density at radius 2 is 2.25 bits per heavy atom. The van der Waals surface area contributed by atoms with E-state index in [2.05, 4.69) is 15.7 Å². The molecular formula is C12H13N5O2S. The third kappa shape index (κ3) is 3.51. The number of nitrogens with zero attached hydrogens (tertiary/aromatic N) is 3. The summed E-state index contributed by atoms with van der Waals surface area (Å²) in [4.78, 5) is 10.2. The molecule has 1 aromatic heterocycles. The summed E-state index contributed by atoms with van der Waals surface area (Å²) in [5.74, 6) is 0.620. The lowest BCUT2D eigenvalue weighted by molar-refractivity contribution is -0.384. The lowest BCUT2D eigenvalue weighted by Gasteiger charge is -2.08. The topological polar surface area (TPSA) is 85.0 Å². The van der Waals surface area contributed by atoms with E-state index in [9.17, 15) is 10.1 Å². The van der Waals surface area contributed by atoms with E-state index in [1.807, 2.05) is 13.1 Å². The molecule has 0 aliphatic heterocycles. The average molecular weight is 291 g/mol. The second-order valence-electron chi connectivity index (χ2n) is 3.94. The van der Waals surface area contributed by atoms with Crippen molar-refractivity contribution in [3.05, 3.63) is 46.6 Å². The molecule has 2 aromatic rings. The summed E-state index contributed by atoms with van der Waals surface area (Å²) < 4.78 is 1.76. The van der Waals surface area contributed by atoms with Gasteiger partial charge in [0, 0.05) is 36.6 Å². The first-order valence-electron chi connectivity index (χ1n) is 5.94. The highest BCUT2D eigenvalue weighted by Gasteiger charge is 2.07. The number of thiocarbonyl (C=S) groups is 1. The van der Waals surface area contributed by atoms with Crippen molar-refractivity contribution < 1.29 is 4.92 Å². The number of aryl methyl sites for hydroxylation is 1. The van der Waals surface area contributed by atoms with Gasteiger partial charge in [-0.2, -0.15) is 5.10 Å². The van der Waals surface area contributed by atoms with Crippen molar-refractivity contribution in [1.82, 2.24) is 9.78 Å². The van der Waals surface area contributed by atoms with Crippen LogP contribution in [0.5, 0.6) is 0 Å². The largest absolute Gasteiger partial charge is 0.332 e. The summed E-state index contributed by atoms with van der Waals surface area (Å²) in [6, 6.07) is 7.93. The molecule has 104 valence electrons. The number of nitrogens with one attached hydrogen (secondary N) is 2. The van der Waals surface area contributed by atoms with Gasteiger partial charge < -0.3 is 10.6 Å². The molecule has 8 heteroatoms. The highest BCUT2D eigenvalue weighted by molar-refractivity contribution is 7.80. The molecule has 0 fully saturated rings. The Hall–Kier alpha value is -2.48. The van der Waals surface area contributed by atoms with Crippen molar-refractivity contribution in [2.24, 2.45) is 0 Å². The van der Waals surface area contributed by atoms with Crippen molar-refractivity contribution in [3.8, 4) is 0 Å². The smallest absolute Gasteiger partial charge is 0.271 e. The van der Waals surface area contributed by atoms with E-state index in [0.717, 1.165) is 6.54 Å². The average Bonchev–Trinajstić information content (AvgIpc) is 2.86. The Morgan fingerprint density at radius 1 is 1.45 bits per heavy atom. The number of benzene rings is 1. The number of hydrogen-bond acceptors (Lipinski definition) is 4. The molecule has 0 saturated heterocycles. The first-order chi connectivity index (χ1) is 9.58. The van der Waals surface area contributed by atoms with Crippen LogP contribution in [0.15, 0.2) is 36.5 Å². The molecule has 0 bridgehead atoms. The third-order valence-electron chi connectivity index (χ3n) is 2.52. The van der Waals surface area contributed by atoms with Gasteiger partial charge in [0.2, 0.25) is 0 Å². The molecule has 0 amide bonds. The van der Waals surface area contributed by atoms with Crippen LogP contribution in [0.1, 0.15) is 6.92 Å². The van der Waals surface area contributed by atoms with Crippen LogP contribution in [0.25, 0.3) is 0 Å². The fourth-order valence-electron chi connectivity index (χ4n) is 1.58. The van der Waals surface area contributed by atoms with Gasteiger partial charge in [0.15, 0.2) is 10.9 Å². The normalized spacial score (nSPS) is 10.1. The summed E-state index contributed by atoms with van der Waals surface area (Å²) in [6.45, 7) is 2.75. The van der Waals surface area contributed by atoms with Crippen LogP contribution in [0, 0.1) is 10.1 Å². The molecule has 0 unspecified atom stereocenters. The lowest BCUT2D eigenvalue weighted by atomic mass is 10.3. The summed E-state index contributed by atoms with van der Waals surface area (Å²) in [7, 11) is 0. The van der Waals surface area contributed by atoms with Gasteiger partial charge >= 0.3 is 0 Å². The van der Waals surface area contributed by atoms with E-state index >= 15 is 0 Å². The van der Waals surface area contributed by atoms with Gasteiger partial charge in [0.25, 0.3) is 5.69 Å². The van der Waals surface area contributed by atoms with Crippen LogP contribution in [-0.4, -0.2) is 19.8 Å². The van der Waals surface area contributed by atoms with E-state index in [0.29, 0.717) is 16.6 Å². The Bertz CT molecular complexity index is 640. The number of rotatable bonds is 4. The zero-order valence-electron chi connectivity index (χ0n) is 10.7. The fourth-order valence-corrected chi connectivity index (χ4v) is 1.80. The molecule has 0 aliphatic carbocycles. The van der Waals surface area contributed by atoms with Gasteiger partial charge in [-0.25, -0.2) is 0 Å². The van der Waals surface area contributed by atoms with Crippen LogP contribution in [0.2, 0.25) is 0 Å². The SMILES string of the molecule is CCn1ccc(NC(=S)Nc2cccc([N+](=O)[O-])c2)n1. The zero-order valence-corrected chi connectivity index (χ0v) is 11.6. The van der Waals surface area contributed by atoms with Crippen molar-refractivity contribution in [3.63, 3.8) is 0 Å². The maximum atomic E-state index is 10.7. The number of nitro groups is 1. The van der Waals surface area contributed by atoms with Crippen molar-refractivity contribution in [1.29, 1.82) is 0 Å². The number of hydrogen-bond donors (Lipinski definition) is 2. The third-order valence-corrected chi connectivity index (χ3v) is 2.73. The molecule has 7 nitrogen and oxygen atoms in total.